The van der Waals surface area contributed by atoms with Gasteiger partial charge in [-0.25, -0.2) is 0 Å². The van der Waals surface area contributed by atoms with Crippen LogP contribution in [0.4, 0.5) is 0 Å². The predicted molar refractivity (Wildman–Crippen MR) is 57.5 cm³/mol. The Bertz CT molecular complexity index is 206. The van der Waals surface area contributed by atoms with Crippen molar-refractivity contribution in [1.29, 1.82) is 0 Å². The topological polar surface area (TPSA) is 3.24 Å². The van der Waals surface area contributed by atoms with Gasteiger partial charge in [0, 0.05) is 13.1 Å². The van der Waals surface area contributed by atoms with E-state index in [1.807, 2.05) is 11.8 Å². The van der Waals surface area contributed by atoms with E-state index in [2.05, 4.69) is 37.3 Å². The van der Waals surface area contributed by atoms with Crippen LogP contribution in [0.1, 0.15) is 13.3 Å². The largest absolute Gasteiger partial charge is 0.302 e. The number of rotatable bonds is 2. The van der Waals surface area contributed by atoms with Gasteiger partial charge in [0.2, 0.25) is 0 Å². The molecule has 0 saturated carbocycles. The Labute approximate surface area is 79.5 Å². The van der Waals surface area contributed by atoms with Crippen molar-refractivity contribution >= 4 is 11.8 Å². The summed E-state index contributed by atoms with van der Waals surface area (Å²) in [6.45, 7) is 4.40. The van der Waals surface area contributed by atoms with E-state index in [1.165, 1.54) is 18.5 Å². The van der Waals surface area contributed by atoms with Crippen LogP contribution < -0.4 is 0 Å². The van der Waals surface area contributed by atoms with E-state index < -0.39 is 0 Å². The molecular formula is C10H17NS. The third-order valence-electron chi connectivity index (χ3n) is 2.13. The molecule has 0 radical (unpaired) electrons. The van der Waals surface area contributed by atoms with Gasteiger partial charge in [0.05, 0.1) is 0 Å². The van der Waals surface area contributed by atoms with Crippen LogP contribution >= 0.6 is 11.8 Å². The van der Waals surface area contributed by atoms with Crippen LogP contribution in [0.5, 0.6) is 0 Å². The summed E-state index contributed by atoms with van der Waals surface area (Å²) in [7, 11) is 2.18. The van der Waals surface area contributed by atoms with Gasteiger partial charge in [-0.2, -0.15) is 0 Å². The summed E-state index contributed by atoms with van der Waals surface area (Å²) in [6.07, 6.45) is 7.76. The van der Waals surface area contributed by atoms with E-state index in [0.717, 1.165) is 6.54 Å². The van der Waals surface area contributed by atoms with E-state index in [9.17, 15) is 0 Å². The van der Waals surface area contributed by atoms with Gasteiger partial charge in [-0.15, -0.1) is 11.8 Å². The molecule has 12 heavy (non-hydrogen) atoms. The third kappa shape index (κ3) is 2.39. The Kier molecular flexibility index (Phi) is 3.89. The molecule has 0 bridgehead atoms. The molecule has 0 aromatic carbocycles. The summed E-state index contributed by atoms with van der Waals surface area (Å²) in [5, 5.41) is 0. The van der Waals surface area contributed by atoms with Crippen molar-refractivity contribution in [3.63, 3.8) is 0 Å². The Hall–Kier alpha value is -0.210. The van der Waals surface area contributed by atoms with Crippen LogP contribution in [0, 0.1) is 0 Å². The lowest BCUT2D eigenvalue weighted by molar-refractivity contribution is 0.356. The first kappa shape index (κ1) is 9.87. The summed E-state index contributed by atoms with van der Waals surface area (Å²) in [5.74, 6) is 0. The van der Waals surface area contributed by atoms with Gasteiger partial charge in [0.25, 0.3) is 0 Å². The molecule has 2 heteroatoms. The molecular weight excluding hydrogens is 166 g/mol. The second kappa shape index (κ2) is 4.73. The van der Waals surface area contributed by atoms with Crippen LogP contribution in [0.2, 0.25) is 0 Å². The van der Waals surface area contributed by atoms with E-state index >= 15 is 0 Å². The summed E-state index contributed by atoms with van der Waals surface area (Å²) in [6, 6.07) is 0. The van der Waals surface area contributed by atoms with Crippen molar-refractivity contribution in [3.8, 4) is 0 Å². The van der Waals surface area contributed by atoms with Crippen molar-refractivity contribution in [3.05, 3.63) is 22.6 Å². The third-order valence-corrected chi connectivity index (χ3v) is 3.09. The van der Waals surface area contributed by atoms with Crippen molar-refractivity contribution in [1.82, 2.24) is 4.90 Å². The Balaban J connectivity index is 2.77. The molecule has 1 heterocycles. The molecule has 0 aliphatic carbocycles. The molecule has 0 unspecified atom stereocenters. The fourth-order valence-corrected chi connectivity index (χ4v) is 2.18. The minimum Gasteiger partial charge on any atom is -0.302 e. The lowest BCUT2D eigenvalue weighted by Gasteiger charge is -2.25. The minimum atomic E-state index is 1.11. The normalized spacial score (nSPS) is 20.9. The molecule has 0 N–H and O–H groups in total. The lowest BCUT2D eigenvalue weighted by atomic mass is 10.1. The van der Waals surface area contributed by atoms with Crippen LogP contribution in [0.3, 0.4) is 0 Å². The van der Waals surface area contributed by atoms with Gasteiger partial charge in [-0.3, -0.25) is 0 Å². The average molecular weight is 183 g/mol. The van der Waals surface area contributed by atoms with Crippen molar-refractivity contribution in [2.45, 2.75) is 13.3 Å². The van der Waals surface area contributed by atoms with Crippen LogP contribution in [0.25, 0.3) is 0 Å². The highest BCUT2D eigenvalue weighted by atomic mass is 32.2. The zero-order valence-corrected chi connectivity index (χ0v) is 8.95. The zero-order valence-electron chi connectivity index (χ0n) is 8.13. The maximum atomic E-state index is 2.37. The SMILES string of the molecule is C/C=C/C1=C(SC)CCN(C)C1. The zero-order chi connectivity index (χ0) is 8.97. The molecule has 0 spiro atoms. The predicted octanol–water partition coefficient (Wildman–Crippen LogP) is 2.52. The van der Waals surface area contributed by atoms with Crippen LogP contribution in [0.15, 0.2) is 22.6 Å². The highest BCUT2D eigenvalue weighted by Gasteiger charge is 2.12. The van der Waals surface area contributed by atoms with Crippen molar-refractivity contribution in [2.24, 2.45) is 0 Å². The lowest BCUT2D eigenvalue weighted by Crippen LogP contribution is -2.26. The molecule has 68 valence electrons. The fraction of sp³-hybridized carbons (Fsp3) is 0.600. The van der Waals surface area contributed by atoms with Crippen molar-refractivity contribution < 1.29 is 0 Å². The molecule has 0 fully saturated rings. The Morgan fingerprint density at radius 3 is 2.83 bits per heavy atom. The maximum Gasteiger partial charge on any atom is 0.0238 e. The van der Waals surface area contributed by atoms with E-state index in [-0.39, 0.29) is 0 Å². The Morgan fingerprint density at radius 1 is 1.50 bits per heavy atom. The molecule has 1 rings (SSSR count). The minimum absolute atomic E-state index is 1.11. The summed E-state index contributed by atoms with van der Waals surface area (Å²) in [5.41, 5.74) is 1.50. The highest BCUT2D eigenvalue weighted by Crippen LogP contribution is 2.26. The van der Waals surface area contributed by atoms with Crippen molar-refractivity contribution in [2.75, 3.05) is 26.4 Å². The average Bonchev–Trinajstić information content (AvgIpc) is 2.05. The number of allylic oxidation sites excluding steroid dienone is 1. The molecule has 0 saturated heterocycles. The molecule has 0 aromatic heterocycles. The van der Waals surface area contributed by atoms with Crippen LogP contribution in [-0.4, -0.2) is 31.3 Å². The van der Waals surface area contributed by atoms with E-state index in [4.69, 9.17) is 0 Å². The monoisotopic (exact) mass is 183 g/mol. The van der Waals surface area contributed by atoms with Gasteiger partial charge in [-0.1, -0.05) is 12.2 Å². The summed E-state index contributed by atoms with van der Waals surface area (Å²) < 4.78 is 0. The number of hydrogen-bond donors (Lipinski definition) is 0. The summed E-state index contributed by atoms with van der Waals surface area (Å²) >= 11 is 1.90. The van der Waals surface area contributed by atoms with Gasteiger partial charge in [0.15, 0.2) is 0 Å². The molecule has 0 amide bonds. The second-order valence-electron chi connectivity index (χ2n) is 3.14. The quantitative estimate of drug-likeness (QED) is 0.647. The molecule has 0 aromatic rings. The first-order chi connectivity index (χ1) is 5.77. The Morgan fingerprint density at radius 2 is 2.25 bits per heavy atom. The molecule has 1 aliphatic rings. The molecule has 1 aliphatic heterocycles. The van der Waals surface area contributed by atoms with E-state index in [1.54, 1.807) is 4.91 Å². The number of hydrogen-bond acceptors (Lipinski definition) is 2. The molecule has 1 nitrogen and oxygen atoms in total. The smallest absolute Gasteiger partial charge is 0.0238 e. The molecule has 0 atom stereocenters. The maximum absolute atomic E-state index is 2.37. The summed E-state index contributed by atoms with van der Waals surface area (Å²) in [4.78, 5) is 3.93. The van der Waals surface area contributed by atoms with Gasteiger partial charge in [-0.05, 0) is 37.1 Å². The number of nitrogens with zero attached hydrogens (tertiary/aromatic N) is 1. The van der Waals surface area contributed by atoms with E-state index in [0.29, 0.717) is 0 Å². The number of thioether (sulfide) groups is 1. The fourth-order valence-electron chi connectivity index (χ4n) is 1.49. The highest BCUT2D eigenvalue weighted by molar-refractivity contribution is 8.02. The van der Waals surface area contributed by atoms with Gasteiger partial charge < -0.3 is 4.90 Å². The van der Waals surface area contributed by atoms with Gasteiger partial charge >= 0.3 is 0 Å². The first-order valence-corrected chi connectivity index (χ1v) is 5.57. The van der Waals surface area contributed by atoms with Crippen LogP contribution in [-0.2, 0) is 0 Å². The standard InChI is InChI=1S/C10H17NS/c1-4-5-9-8-11(2)7-6-10(9)12-3/h4-5H,6-8H2,1-3H3/b5-4+. The first-order valence-electron chi connectivity index (χ1n) is 4.35. The second-order valence-corrected chi connectivity index (χ2v) is 4.04. The number of likely N-dealkylation sites (N-methyl/N-ethyl adjacent to an activating group) is 1. The van der Waals surface area contributed by atoms with Gasteiger partial charge in [0.1, 0.15) is 0 Å².